The molecule has 1 aromatic heterocycles. The average Bonchev–Trinajstić information content (AvgIpc) is 2.94. The largest absolute Gasteiger partial charge is 0.331 e. The Labute approximate surface area is 175 Å². The lowest BCUT2D eigenvalue weighted by molar-refractivity contribution is -0.119. The number of hydrogen-bond acceptors (Lipinski definition) is 2. The summed E-state index contributed by atoms with van der Waals surface area (Å²) in [5, 5.41) is 2.11. The third-order valence-electron chi connectivity index (χ3n) is 4.25. The quantitative estimate of drug-likeness (QED) is 0.416. The van der Waals surface area contributed by atoms with Gasteiger partial charge in [-0.05, 0) is 48.5 Å². The summed E-state index contributed by atoms with van der Waals surface area (Å²) in [4.78, 5) is 13.1. The Morgan fingerprint density at radius 1 is 0.889 bits per heavy atom. The van der Waals surface area contributed by atoms with Crippen molar-refractivity contribution < 1.29 is 9.00 Å². The fraction of sp³-hybridized carbons (Fsp3) is 0.0500. The van der Waals surface area contributed by atoms with Gasteiger partial charge < -0.3 is 4.57 Å². The predicted octanol–water partition coefficient (Wildman–Crippen LogP) is 5.16. The summed E-state index contributed by atoms with van der Waals surface area (Å²) in [5.74, 6) is -0.304. The summed E-state index contributed by atoms with van der Waals surface area (Å²) >= 11 is 7.03. The van der Waals surface area contributed by atoms with Gasteiger partial charge in [0.25, 0.3) is 5.91 Å². The Morgan fingerprint density at radius 3 is 2.00 bits per heavy atom. The highest BCUT2D eigenvalue weighted by Gasteiger charge is 2.15. The molecule has 4 nitrogen and oxygen atoms in total. The van der Waals surface area contributed by atoms with Crippen molar-refractivity contribution >= 4 is 70.6 Å². The molecule has 0 saturated heterocycles. The number of aromatic nitrogens is 1. The second kappa shape index (κ2) is 7.58. The van der Waals surface area contributed by atoms with Crippen LogP contribution in [0.4, 0.5) is 0 Å². The minimum atomic E-state index is -1.58. The van der Waals surface area contributed by atoms with Crippen LogP contribution in [0, 0.1) is 0 Å². The molecule has 0 bridgehead atoms. The number of fused-ring (bicyclic) bond motifs is 3. The molecule has 7 heteroatoms. The van der Waals surface area contributed by atoms with Crippen molar-refractivity contribution in [3.63, 3.8) is 0 Å². The van der Waals surface area contributed by atoms with Gasteiger partial charge in [0, 0.05) is 30.8 Å². The Kier molecular flexibility index (Phi) is 5.16. The van der Waals surface area contributed by atoms with Gasteiger partial charge in [0.15, 0.2) is 11.0 Å². The summed E-state index contributed by atoms with van der Waals surface area (Å²) < 4.78 is 18.8. The first-order chi connectivity index (χ1) is 13.0. The molecule has 1 amide bonds. The summed E-state index contributed by atoms with van der Waals surface area (Å²) in [6.45, 7) is 0.0852. The van der Waals surface area contributed by atoms with E-state index in [0.717, 1.165) is 30.8 Å². The van der Waals surface area contributed by atoms with Gasteiger partial charge >= 0.3 is 0 Å². The summed E-state index contributed by atoms with van der Waals surface area (Å²) in [5.41, 5.74) is 1.90. The second-order valence-electron chi connectivity index (χ2n) is 6.02. The van der Waals surface area contributed by atoms with E-state index in [1.807, 2.05) is 47.0 Å². The molecule has 0 aliphatic carbocycles. The zero-order valence-corrected chi connectivity index (χ0v) is 18.0. The van der Waals surface area contributed by atoms with Crippen LogP contribution < -0.4 is 4.72 Å². The lowest BCUT2D eigenvalue weighted by Gasteiger charge is -2.09. The zero-order chi connectivity index (χ0) is 19.0. The van der Waals surface area contributed by atoms with E-state index in [2.05, 4.69) is 36.6 Å². The molecule has 0 radical (unpaired) electrons. The molecule has 1 atom stereocenters. The Bertz CT molecular complexity index is 1130. The number of rotatable bonds is 4. The van der Waals surface area contributed by atoms with Gasteiger partial charge in [-0.2, -0.15) is 0 Å². The van der Waals surface area contributed by atoms with Crippen LogP contribution in [0.2, 0.25) is 0 Å². The van der Waals surface area contributed by atoms with E-state index in [4.69, 9.17) is 0 Å². The van der Waals surface area contributed by atoms with Crippen LogP contribution in [0.5, 0.6) is 0 Å². The maximum atomic E-state index is 12.6. The van der Waals surface area contributed by atoms with E-state index in [-0.39, 0.29) is 12.5 Å². The van der Waals surface area contributed by atoms with Crippen molar-refractivity contribution in [2.24, 2.45) is 0 Å². The summed E-state index contributed by atoms with van der Waals surface area (Å²) in [7, 11) is -1.58. The predicted molar refractivity (Wildman–Crippen MR) is 116 cm³/mol. The summed E-state index contributed by atoms with van der Waals surface area (Å²) in [6.07, 6.45) is 0. The van der Waals surface area contributed by atoms with Crippen molar-refractivity contribution in [2.45, 2.75) is 11.4 Å². The molecule has 1 heterocycles. The van der Waals surface area contributed by atoms with Gasteiger partial charge in [0.05, 0.1) is 4.90 Å². The SMILES string of the molecule is O=C(Cn1c2ccc(Br)cc2c2cc(Br)ccc21)NS(=O)c1ccccc1. The van der Waals surface area contributed by atoms with Crippen LogP contribution in [-0.2, 0) is 22.3 Å². The van der Waals surface area contributed by atoms with E-state index in [1.165, 1.54) is 0 Å². The third kappa shape index (κ3) is 3.72. The maximum Gasteiger partial charge on any atom is 0.251 e. The highest BCUT2D eigenvalue weighted by Crippen LogP contribution is 2.32. The number of benzene rings is 3. The van der Waals surface area contributed by atoms with E-state index in [9.17, 15) is 9.00 Å². The van der Waals surface area contributed by atoms with Crippen molar-refractivity contribution in [1.82, 2.24) is 9.29 Å². The Balaban J connectivity index is 1.70. The number of hydrogen-bond donors (Lipinski definition) is 1. The molecule has 0 aliphatic rings. The molecular formula is C20H14Br2N2O2S. The first-order valence-corrected chi connectivity index (χ1v) is 10.9. The minimum absolute atomic E-state index is 0.0852. The van der Waals surface area contributed by atoms with Gasteiger partial charge in [0.2, 0.25) is 0 Å². The van der Waals surface area contributed by atoms with Gasteiger partial charge in [-0.3, -0.25) is 9.52 Å². The zero-order valence-electron chi connectivity index (χ0n) is 14.0. The van der Waals surface area contributed by atoms with Gasteiger partial charge in [-0.15, -0.1) is 0 Å². The number of halogens is 2. The fourth-order valence-corrected chi connectivity index (χ4v) is 4.62. The molecule has 1 N–H and O–H groups in total. The highest BCUT2D eigenvalue weighted by molar-refractivity contribution is 9.10. The second-order valence-corrected chi connectivity index (χ2v) is 9.06. The average molecular weight is 506 g/mol. The monoisotopic (exact) mass is 504 g/mol. The van der Waals surface area contributed by atoms with Crippen molar-refractivity contribution in [2.75, 3.05) is 0 Å². The summed E-state index contributed by atoms with van der Waals surface area (Å²) in [6, 6.07) is 20.8. The Hall–Kier alpha value is -1.96. The van der Waals surface area contributed by atoms with Gasteiger partial charge in [-0.25, -0.2) is 4.21 Å². The van der Waals surface area contributed by atoms with Crippen molar-refractivity contribution in [3.8, 4) is 0 Å². The fourth-order valence-electron chi connectivity index (χ4n) is 3.10. The lowest BCUT2D eigenvalue weighted by atomic mass is 10.2. The van der Waals surface area contributed by atoms with E-state index >= 15 is 0 Å². The lowest BCUT2D eigenvalue weighted by Crippen LogP contribution is -2.29. The molecule has 4 rings (SSSR count). The number of carbonyl (C=O) groups is 1. The minimum Gasteiger partial charge on any atom is -0.331 e. The molecule has 4 aromatic rings. The van der Waals surface area contributed by atoms with Crippen LogP contribution in [0.1, 0.15) is 0 Å². The van der Waals surface area contributed by atoms with E-state index < -0.39 is 11.0 Å². The first-order valence-electron chi connectivity index (χ1n) is 8.16. The van der Waals surface area contributed by atoms with Crippen LogP contribution >= 0.6 is 31.9 Å². The smallest absolute Gasteiger partial charge is 0.251 e. The number of nitrogens with one attached hydrogen (secondary N) is 1. The molecule has 27 heavy (non-hydrogen) atoms. The number of nitrogens with zero attached hydrogens (tertiary/aromatic N) is 1. The molecule has 1 unspecified atom stereocenters. The highest BCUT2D eigenvalue weighted by atomic mass is 79.9. The molecule has 0 spiro atoms. The van der Waals surface area contributed by atoms with Gasteiger partial charge in [0.1, 0.15) is 6.54 Å². The Morgan fingerprint density at radius 2 is 1.44 bits per heavy atom. The van der Waals surface area contributed by atoms with E-state index in [1.54, 1.807) is 24.3 Å². The topological polar surface area (TPSA) is 51.1 Å². The molecule has 0 fully saturated rings. The van der Waals surface area contributed by atoms with Crippen LogP contribution in [0.3, 0.4) is 0 Å². The standard InChI is InChI=1S/C20H14Br2N2O2S/c21-13-6-8-18-16(10-13)17-11-14(22)7-9-19(17)24(18)12-20(25)23-27(26)15-4-2-1-3-5-15/h1-11H,12H2,(H,23,25). The van der Waals surface area contributed by atoms with Crippen molar-refractivity contribution in [1.29, 1.82) is 0 Å². The van der Waals surface area contributed by atoms with Crippen LogP contribution in [0.25, 0.3) is 21.8 Å². The molecule has 3 aromatic carbocycles. The normalized spacial score (nSPS) is 12.4. The number of amides is 1. The van der Waals surface area contributed by atoms with Gasteiger partial charge in [-0.1, -0.05) is 50.1 Å². The third-order valence-corrected chi connectivity index (χ3v) is 6.35. The van der Waals surface area contributed by atoms with Crippen LogP contribution in [-0.4, -0.2) is 14.7 Å². The molecule has 0 aliphatic heterocycles. The maximum absolute atomic E-state index is 12.6. The van der Waals surface area contributed by atoms with Crippen molar-refractivity contribution in [3.05, 3.63) is 75.7 Å². The van der Waals surface area contributed by atoms with Crippen LogP contribution in [0.15, 0.2) is 80.6 Å². The molecule has 0 saturated carbocycles. The first kappa shape index (κ1) is 18.4. The van der Waals surface area contributed by atoms with E-state index in [0.29, 0.717) is 4.90 Å². The molecule has 136 valence electrons. The molecular weight excluding hydrogens is 492 g/mol. The number of carbonyl (C=O) groups excluding carboxylic acids is 1.